The SMILES string of the molecule is CCC(OC(=O)c1ccccc1)(C(N)=O)c1ccccc1. The molecule has 0 bridgehead atoms. The lowest BCUT2D eigenvalue weighted by Gasteiger charge is -2.29. The zero-order valence-electron chi connectivity index (χ0n) is 11.8. The number of hydrogen-bond donors (Lipinski definition) is 1. The number of amides is 1. The Morgan fingerprint density at radius 2 is 1.52 bits per heavy atom. The average molecular weight is 283 g/mol. The Kier molecular flexibility index (Phi) is 4.38. The van der Waals surface area contributed by atoms with E-state index in [1.54, 1.807) is 61.5 Å². The third-order valence-corrected chi connectivity index (χ3v) is 3.41. The summed E-state index contributed by atoms with van der Waals surface area (Å²) in [6.45, 7) is 1.76. The van der Waals surface area contributed by atoms with Gasteiger partial charge in [-0.2, -0.15) is 0 Å². The molecule has 108 valence electrons. The first-order valence-corrected chi connectivity index (χ1v) is 6.74. The van der Waals surface area contributed by atoms with Crippen molar-refractivity contribution >= 4 is 11.9 Å². The molecule has 21 heavy (non-hydrogen) atoms. The molecule has 0 saturated carbocycles. The Hall–Kier alpha value is -2.62. The van der Waals surface area contributed by atoms with Gasteiger partial charge in [0.15, 0.2) is 0 Å². The number of hydrogen-bond acceptors (Lipinski definition) is 3. The monoisotopic (exact) mass is 283 g/mol. The second-order valence-electron chi connectivity index (χ2n) is 4.67. The van der Waals surface area contributed by atoms with Crippen molar-refractivity contribution in [2.45, 2.75) is 18.9 Å². The fraction of sp³-hybridized carbons (Fsp3) is 0.176. The van der Waals surface area contributed by atoms with Crippen LogP contribution in [0.4, 0.5) is 0 Å². The van der Waals surface area contributed by atoms with Crippen molar-refractivity contribution in [2.24, 2.45) is 5.73 Å². The highest BCUT2D eigenvalue weighted by molar-refractivity contribution is 5.94. The average Bonchev–Trinajstić information content (AvgIpc) is 2.54. The van der Waals surface area contributed by atoms with Gasteiger partial charge in [-0.15, -0.1) is 0 Å². The highest BCUT2D eigenvalue weighted by Crippen LogP contribution is 2.30. The zero-order chi connectivity index (χ0) is 15.3. The highest BCUT2D eigenvalue weighted by Gasteiger charge is 2.41. The lowest BCUT2D eigenvalue weighted by Crippen LogP contribution is -2.44. The Labute approximate surface area is 123 Å². The normalized spacial score (nSPS) is 13.2. The van der Waals surface area contributed by atoms with Gasteiger partial charge in [-0.3, -0.25) is 4.79 Å². The molecule has 0 saturated heterocycles. The molecule has 0 spiro atoms. The largest absolute Gasteiger partial charge is 0.440 e. The van der Waals surface area contributed by atoms with Gasteiger partial charge in [-0.1, -0.05) is 55.5 Å². The molecule has 2 aromatic rings. The van der Waals surface area contributed by atoms with Crippen LogP contribution in [0.3, 0.4) is 0 Å². The molecule has 0 radical (unpaired) electrons. The van der Waals surface area contributed by atoms with Crippen LogP contribution in [0.2, 0.25) is 0 Å². The van der Waals surface area contributed by atoms with Gasteiger partial charge in [0, 0.05) is 5.56 Å². The number of rotatable bonds is 5. The number of carbonyl (C=O) groups is 2. The quantitative estimate of drug-likeness (QED) is 0.858. The standard InChI is InChI=1S/C17H17NO3/c1-2-17(16(18)20,14-11-7-4-8-12-14)21-15(19)13-9-5-3-6-10-13/h3-12H,2H2,1H3,(H2,18,20). The maximum Gasteiger partial charge on any atom is 0.339 e. The summed E-state index contributed by atoms with van der Waals surface area (Å²) >= 11 is 0. The molecule has 2 rings (SSSR count). The third kappa shape index (κ3) is 2.94. The molecule has 0 aliphatic carbocycles. The van der Waals surface area contributed by atoms with E-state index < -0.39 is 17.5 Å². The molecule has 1 atom stereocenters. The first-order chi connectivity index (χ1) is 10.1. The minimum absolute atomic E-state index is 0.269. The Morgan fingerprint density at radius 3 is 2.00 bits per heavy atom. The van der Waals surface area contributed by atoms with E-state index in [0.29, 0.717) is 11.1 Å². The van der Waals surface area contributed by atoms with Crippen LogP contribution in [0.5, 0.6) is 0 Å². The minimum Gasteiger partial charge on any atom is -0.440 e. The number of nitrogens with two attached hydrogens (primary N) is 1. The van der Waals surface area contributed by atoms with E-state index in [4.69, 9.17) is 10.5 Å². The Bertz CT molecular complexity index is 625. The van der Waals surface area contributed by atoms with E-state index in [0.717, 1.165) is 0 Å². The van der Waals surface area contributed by atoms with E-state index in [1.807, 2.05) is 6.07 Å². The molecular weight excluding hydrogens is 266 g/mol. The Balaban J connectivity index is 2.38. The number of esters is 1. The third-order valence-electron chi connectivity index (χ3n) is 3.41. The molecular formula is C17H17NO3. The Morgan fingerprint density at radius 1 is 1.00 bits per heavy atom. The van der Waals surface area contributed by atoms with Crippen molar-refractivity contribution < 1.29 is 14.3 Å². The van der Waals surface area contributed by atoms with E-state index in [2.05, 4.69) is 0 Å². The molecule has 0 aliphatic rings. The smallest absolute Gasteiger partial charge is 0.339 e. The van der Waals surface area contributed by atoms with Crippen LogP contribution in [0, 0.1) is 0 Å². The van der Waals surface area contributed by atoms with Crippen molar-refractivity contribution in [3.8, 4) is 0 Å². The fourth-order valence-corrected chi connectivity index (χ4v) is 2.20. The number of carbonyl (C=O) groups excluding carboxylic acids is 2. The van der Waals surface area contributed by atoms with Gasteiger partial charge in [0.05, 0.1) is 5.56 Å². The van der Waals surface area contributed by atoms with Crippen molar-refractivity contribution in [1.29, 1.82) is 0 Å². The van der Waals surface area contributed by atoms with Crippen molar-refractivity contribution in [3.05, 3.63) is 71.8 Å². The van der Waals surface area contributed by atoms with Crippen LogP contribution in [-0.4, -0.2) is 11.9 Å². The number of ether oxygens (including phenoxy) is 1. The summed E-state index contributed by atoms with van der Waals surface area (Å²) in [6, 6.07) is 17.4. The maximum absolute atomic E-state index is 12.3. The molecule has 0 aliphatic heterocycles. The van der Waals surface area contributed by atoms with Crippen LogP contribution < -0.4 is 5.73 Å². The van der Waals surface area contributed by atoms with Gasteiger partial charge in [0.1, 0.15) is 0 Å². The summed E-state index contributed by atoms with van der Waals surface area (Å²) in [4.78, 5) is 24.2. The predicted octanol–water partition coefficient (Wildman–Crippen LogP) is 2.63. The highest BCUT2D eigenvalue weighted by atomic mass is 16.6. The topological polar surface area (TPSA) is 69.4 Å². The predicted molar refractivity (Wildman–Crippen MR) is 79.5 cm³/mol. The van der Waals surface area contributed by atoms with E-state index >= 15 is 0 Å². The van der Waals surface area contributed by atoms with Gasteiger partial charge in [0.2, 0.25) is 5.60 Å². The van der Waals surface area contributed by atoms with E-state index in [1.165, 1.54) is 0 Å². The van der Waals surface area contributed by atoms with Crippen molar-refractivity contribution in [3.63, 3.8) is 0 Å². The van der Waals surface area contributed by atoms with Crippen LogP contribution in [0.1, 0.15) is 29.3 Å². The minimum atomic E-state index is -1.45. The van der Waals surface area contributed by atoms with Crippen LogP contribution in [-0.2, 0) is 15.1 Å². The zero-order valence-corrected chi connectivity index (χ0v) is 11.8. The number of primary amides is 1. The van der Waals surface area contributed by atoms with Crippen molar-refractivity contribution in [1.82, 2.24) is 0 Å². The molecule has 2 aromatic carbocycles. The molecule has 0 aromatic heterocycles. The second kappa shape index (κ2) is 6.22. The summed E-state index contributed by atoms with van der Waals surface area (Å²) in [5.74, 6) is -1.25. The molecule has 0 heterocycles. The van der Waals surface area contributed by atoms with Gasteiger partial charge < -0.3 is 10.5 Å². The van der Waals surface area contributed by atoms with E-state index in [9.17, 15) is 9.59 Å². The van der Waals surface area contributed by atoms with E-state index in [-0.39, 0.29) is 6.42 Å². The fourth-order valence-electron chi connectivity index (χ4n) is 2.20. The van der Waals surface area contributed by atoms with Crippen LogP contribution in [0.25, 0.3) is 0 Å². The second-order valence-corrected chi connectivity index (χ2v) is 4.67. The molecule has 4 nitrogen and oxygen atoms in total. The number of benzene rings is 2. The van der Waals surface area contributed by atoms with Crippen LogP contribution in [0.15, 0.2) is 60.7 Å². The summed E-state index contributed by atoms with van der Waals surface area (Å²) < 4.78 is 5.51. The molecule has 1 unspecified atom stereocenters. The van der Waals surface area contributed by atoms with Gasteiger partial charge in [-0.25, -0.2) is 4.79 Å². The van der Waals surface area contributed by atoms with Crippen LogP contribution >= 0.6 is 0 Å². The molecule has 2 N–H and O–H groups in total. The lowest BCUT2D eigenvalue weighted by atomic mass is 9.90. The summed E-state index contributed by atoms with van der Waals surface area (Å²) in [6.07, 6.45) is 0.269. The van der Waals surface area contributed by atoms with Gasteiger partial charge >= 0.3 is 5.97 Å². The first-order valence-electron chi connectivity index (χ1n) is 6.74. The van der Waals surface area contributed by atoms with Crippen molar-refractivity contribution in [2.75, 3.05) is 0 Å². The summed E-state index contributed by atoms with van der Waals surface area (Å²) in [5.41, 5.74) is 5.03. The maximum atomic E-state index is 12.3. The van der Waals surface area contributed by atoms with Gasteiger partial charge in [0.25, 0.3) is 5.91 Å². The molecule has 0 fully saturated rings. The lowest BCUT2D eigenvalue weighted by molar-refractivity contribution is -0.139. The first kappa shape index (κ1) is 14.8. The molecule has 1 amide bonds. The summed E-state index contributed by atoms with van der Waals surface area (Å²) in [7, 11) is 0. The van der Waals surface area contributed by atoms with Gasteiger partial charge in [-0.05, 0) is 18.6 Å². The summed E-state index contributed by atoms with van der Waals surface area (Å²) in [5, 5.41) is 0. The molecule has 4 heteroatoms.